The standard InChI is InChI=1S/C23H17Cl2N3O6S3/c1-36(31,32)27-20-6-3-12(19-11-35-21(10-29)26-19)7-15(20)16-9-17(14-5-4-13(24)8-18(14)25)23(30)28(22(16)27)37(2,33)34/h3-9,11,29H,10H2,1-2H3. The molecule has 0 saturated heterocycles. The molecule has 0 saturated carbocycles. The van der Waals surface area contributed by atoms with Crippen LogP contribution in [0, 0.1) is 0 Å². The quantitative estimate of drug-likeness (QED) is 0.322. The van der Waals surface area contributed by atoms with Gasteiger partial charge in [-0.05, 0) is 30.3 Å². The molecule has 0 unspecified atom stereocenters. The van der Waals surface area contributed by atoms with Gasteiger partial charge >= 0.3 is 0 Å². The fraction of sp³-hybridized carbons (Fsp3) is 0.130. The molecule has 0 fully saturated rings. The maximum absolute atomic E-state index is 13.6. The van der Waals surface area contributed by atoms with Crippen LogP contribution in [0.2, 0.25) is 10.0 Å². The van der Waals surface area contributed by atoms with E-state index in [-0.39, 0.29) is 39.3 Å². The van der Waals surface area contributed by atoms with E-state index >= 15 is 0 Å². The van der Waals surface area contributed by atoms with Gasteiger partial charge in [0.15, 0.2) is 5.65 Å². The van der Waals surface area contributed by atoms with Crippen molar-refractivity contribution < 1.29 is 21.9 Å². The molecule has 2 aromatic carbocycles. The predicted octanol–water partition coefficient (Wildman–Crippen LogP) is 4.16. The molecule has 5 rings (SSSR count). The summed E-state index contributed by atoms with van der Waals surface area (Å²) in [6.07, 6.45) is 1.75. The van der Waals surface area contributed by atoms with Crippen molar-refractivity contribution in [3.8, 4) is 22.4 Å². The number of hydrogen-bond donors (Lipinski definition) is 1. The van der Waals surface area contributed by atoms with E-state index < -0.39 is 25.6 Å². The molecule has 0 aliphatic heterocycles. The molecule has 5 aromatic rings. The van der Waals surface area contributed by atoms with Crippen molar-refractivity contribution in [1.82, 2.24) is 12.9 Å². The van der Waals surface area contributed by atoms with E-state index in [9.17, 15) is 26.7 Å². The average Bonchev–Trinajstić information content (AvgIpc) is 3.40. The van der Waals surface area contributed by atoms with Gasteiger partial charge in [0, 0.05) is 32.3 Å². The topological polar surface area (TPSA) is 128 Å². The zero-order valence-electron chi connectivity index (χ0n) is 19.1. The third-order valence-electron chi connectivity index (χ3n) is 5.70. The molecule has 0 amide bonds. The first-order valence-electron chi connectivity index (χ1n) is 10.5. The van der Waals surface area contributed by atoms with Crippen LogP contribution in [0.5, 0.6) is 0 Å². The maximum Gasteiger partial charge on any atom is 0.273 e. The number of hydrogen-bond acceptors (Lipinski definition) is 8. The SMILES string of the molecule is CS(=O)(=O)n1c(=O)c(-c2ccc(Cl)cc2Cl)cc2c3cc(-c4csc(CO)n4)ccc3n(S(C)(=O)=O)c21. The Hall–Kier alpha value is -2.74. The van der Waals surface area contributed by atoms with Crippen molar-refractivity contribution >= 4 is 76.5 Å². The molecule has 0 aliphatic rings. The van der Waals surface area contributed by atoms with E-state index in [1.165, 1.54) is 41.7 Å². The van der Waals surface area contributed by atoms with Crippen LogP contribution in [0.25, 0.3) is 44.3 Å². The molecule has 0 atom stereocenters. The van der Waals surface area contributed by atoms with Crippen LogP contribution in [-0.4, -0.2) is 47.4 Å². The summed E-state index contributed by atoms with van der Waals surface area (Å²) in [6, 6.07) is 10.7. The number of nitrogens with zero attached hydrogens (tertiary/aromatic N) is 3. The fourth-order valence-electron chi connectivity index (χ4n) is 4.24. The lowest BCUT2D eigenvalue weighted by Crippen LogP contribution is -2.30. The van der Waals surface area contributed by atoms with Gasteiger partial charge in [0.2, 0.25) is 20.0 Å². The van der Waals surface area contributed by atoms with Crippen molar-refractivity contribution in [2.24, 2.45) is 0 Å². The molecule has 0 spiro atoms. The highest BCUT2D eigenvalue weighted by molar-refractivity contribution is 7.90. The third kappa shape index (κ3) is 4.37. The van der Waals surface area contributed by atoms with E-state index in [4.69, 9.17) is 23.2 Å². The third-order valence-corrected chi connectivity index (χ3v) is 9.12. The summed E-state index contributed by atoms with van der Waals surface area (Å²) in [5.74, 6) is 0. The second-order valence-corrected chi connectivity index (χ2v) is 13.7. The molecule has 3 aromatic heterocycles. The van der Waals surface area contributed by atoms with Gasteiger partial charge in [-0.2, -0.15) is 3.97 Å². The van der Waals surface area contributed by atoms with Crippen molar-refractivity contribution in [1.29, 1.82) is 0 Å². The van der Waals surface area contributed by atoms with Crippen LogP contribution < -0.4 is 5.56 Å². The van der Waals surface area contributed by atoms with Crippen LogP contribution in [0.3, 0.4) is 0 Å². The lowest BCUT2D eigenvalue weighted by atomic mass is 10.0. The summed E-state index contributed by atoms with van der Waals surface area (Å²) >= 11 is 13.6. The first-order valence-corrected chi connectivity index (χ1v) is 15.8. The zero-order valence-corrected chi connectivity index (χ0v) is 23.1. The number of halogens is 2. The lowest BCUT2D eigenvalue weighted by molar-refractivity contribution is 0.281. The first kappa shape index (κ1) is 25.9. The van der Waals surface area contributed by atoms with E-state index in [2.05, 4.69) is 4.98 Å². The zero-order chi connectivity index (χ0) is 26.9. The molecule has 0 aliphatic carbocycles. The van der Waals surface area contributed by atoms with Gasteiger partial charge in [0.25, 0.3) is 5.56 Å². The Balaban J connectivity index is 2.01. The number of aliphatic hydroxyl groups is 1. The minimum atomic E-state index is -4.29. The summed E-state index contributed by atoms with van der Waals surface area (Å²) in [7, 11) is -8.37. The summed E-state index contributed by atoms with van der Waals surface area (Å²) in [4.78, 5) is 18.0. The number of pyridine rings is 1. The van der Waals surface area contributed by atoms with Crippen molar-refractivity contribution in [2.75, 3.05) is 12.5 Å². The second kappa shape index (κ2) is 8.93. The van der Waals surface area contributed by atoms with E-state index in [1.54, 1.807) is 17.5 Å². The fourth-order valence-corrected chi connectivity index (χ4v) is 7.37. The highest BCUT2D eigenvalue weighted by atomic mass is 35.5. The van der Waals surface area contributed by atoms with Crippen molar-refractivity contribution in [3.63, 3.8) is 0 Å². The van der Waals surface area contributed by atoms with Crippen LogP contribution in [-0.2, 0) is 26.7 Å². The smallest absolute Gasteiger partial charge is 0.273 e. The van der Waals surface area contributed by atoms with Gasteiger partial charge in [-0.25, -0.2) is 25.8 Å². The second-order valence-electron chi connectivity index (χ2n) is 8.30. The molecule has 3 heterocycles. The summed E-state index contributed by atoms with van der Waals surface area (Å²) in [5, 5.41) is 12.6. The summed E-state index contributed by atoms with van der Waals surface area (Å²) in [6.45, 7) is -0.230. The largest absolute Gasteiger partial charge is 0.389 e. The van der Waals surface area contributed by atoms with Gasteiger partial charge in [-0.3, -0.25) is 4.79 Å². The highest BCUT2D eigenvalue weighted by Crippen LogP contribution is 2.37. The first-order chi connectivity index (χ1) is 17.3. The Morgan fingerprint density at radius 1 is 0.919 bits per heavy atom. The number of aliphatic hydroxyl groups excluding tert-OH is 1. The molecule has 1 N–H and O–H groups in total. The van der Waals surface area contributed by atoms with Crippen LogP contribution in [0.4, 0.5) is 0 Å². The molecule has 37 heavy (non-hydrogen) atoms. The van der Waals surface area contributed by atoms with Gasteiger partial charge < -0.3 is 5.11 Å². The van der Waals surface area contributed by atoms with Crippen LogP contribution >= 0.6 is 34.5 Å². The lowest BCUT2D eigenvalue weighted by Gasteiger charge is -2.13. The molecule has 0 radical (unpaired) electrons. The minimum Gasteiger partial charge on any atom is -0.389 e. The normalized spacial score (nSPS) is 12.6. The molecular formula is C23H17Cl2N3O6S3. The Labute approximate surface area is 225 Å². The number of thiazole rings is 1. The number of fused-ring (bicyclic) bond motifs is 3. The van der Waals surface area contributed by atoms with E-state index in [1.807, 2.05) is 0 Å². The van der Waals surface area contributed by atoms with E-state index in [0.29, 0.717) is 30.6 Å². The van der Waals surface area contributed by atoms with E-state index in [0.717, 1.165) is 16.5 Å². The van der Waals surface area contributed by atoms with Crippen molar-refractivity contribution in [2.45, 2.75) is 6.61 Å². The molecule has 9 nitrogen and oxygen atoms in total. The monoisotopic (exact) mass is 597 g/mol. The summed E-state index contributed by atoms with van der Waals surface area (Å²) in [5.41, 5.74) is 0.250. The van der Waals surface area contributed by atoms with Gasteiger partial charge in [-0.1, -0.05) is 35.3 Å². The molecular weight excluding hydrogens is 581 g/mol. The molecule has 14 heteroatoms. The Kier molecular flexibility index (Phi) is 6.25. The van der Waals surface area contributed by atoms with Crippen LogP contribution in [0.1, 0.15) is 5.01 Å². The highest BCUT2D eigenvalue weighted by Gasteiger charge is 2.27. The average molecular weight is 599 g/mol. The van der Waals surface area contributed by atoms with Crippen molar-refractivity contribution in [3.05, 3.63) is 73.3 Å². The van der Waals surface area contributed by atoms with Gasteiger partial charge in [-0.15, -0.1) is 11.3 Å². The Morgan fingerprint density at radius 3 is 2.22 bits per heavy atom. The summed E-state index contributed by atoms with van der Waals surface area (Å²) < 4.78 is 53.1. The number of aromatic nitrogens is 3. The Morgan fingerprint density at radius 2 is 1.62 bits per heavy atom. The van der Waals surface area contributed by atoms with Crippen LogP contribution in [0.15, 0.2) is 52.6 Å². The molecule has 192 valence electrons. The predicted molar refractivity (Wildman–Crippen MR) is 147 cm³/mol. The minimum absolute atomic E-state index is 0.0474. The maximum atomic E-state index is 13.6. The van der Waals surface area contributed by atoms with Gasteiger partial charge in [0.05, 0.1) is 40.9 Å². The van der Waals surface area contributed by atoms with Gasteiger partial charge in [0.1, 0.15) is 5.01 Å². The number of rotatable bonds is 5. The number of benzene rings is 2. The molecule has 0 bridgehead atoms. The Bertz CT molecular complexity index is 2030.